The van der Waals surface area contributed by atoms with E-state index in [1.807, 2.05) is 4.90 Å². The van der Waals surface area contributed by atoms with Gasteiger partial charge in [0, 0.05) is 56.2 Å². The lowest BCUT2D eigenvalue weighted by molar-refractivity contribution is 0.0760. The summed E-state index contributed by atoms with van der Waals surface area (Å²) < 4.78 is 10.7. The van der Waals surface area contributed by atoms with Crippen molar-refractivity contribution in [1.29, 1.82) is 0 Å². The molecular formula is C18H21N5O3. The fourth-order valence-corrected chi connectivity index (χ4v) is 3.25. The number of amides is 1. The zero-order valence-corrected chi connectivity index (χ0v) is 14.4. The van der Waals surface area contributed by atoms with E-state index in [0.717, 1.165) is 38.2 Å². The zero-order valence-electron chi connectivity index (χ0n) is 14.4. The molecule has 8 nitrogen and oxygen atoms in total. The summed E-state index contributed by atoms with van der Waals surface area (Å²) in [4.78, 5) is 25.1. The molecule has 1 fully saturated rings. The third-order valence-electron chi connectivity index (χ3n) is 4.63. The van der Waals surface area contributed by atoms with Crippen LogP contribution >= 0.6 is 0 Å². The van der Waals surface area contributed by atoms with Gasteiger partial charge in [-0.1, -0.05) is 0 Å². The summed E-state index contributed by atoms with van der Waals surface area (Å²) in [6.07, 6.45) is 4.43. The van der Waals surface area contributed by atoms with Gasteiger partial charge in [0.15, 0.2) is 11.5 Å². The maximum Gasteiger partial charge on any atom is 0.254 e. The highest BCUT2D eigenvalue weighted by molar-refractivity contribution is 5.95. The van der Waals surface area contributed by atoms with Gasteiger partial charge in [0.2, 0.25) is 12.7 Å². The molecule has 2 aliphatic heterocycles. The van der Waals surface area contributed by atoms with E-state index in [1.165, 1.54) is 0 Å². The third kappa shape index (κ3) is 3.55. The summed E-state index contributed by atoms with van der Waals surface area (Å²) in [6.45, 7) is 4.12. The molecule has 8 heteroatoms. The Bertz CT molecular complexity index is 796. The van der Waals surface area contributed by atoms with E-state index < -0.39 is 0 Å². The van der Waals surface area contributed by atoms with Crippen molar-refractivity contribution in [3.63, 3.8) is 0 Å². The number of nitrogens with zero attached hydrogens (tertiary/aromatic N) is 4. The molecule has 2 aromatic rings. The number of hydrogen-bond acceptors (Lipinski definition) is 7. The molecule has 136 valence electrons. The number of anilines is 1. The van der Waals surface area contributed by atoms with Crippen molar-refractivity contribution in [1.82, 2.24) is 19.8 Å². The Labute approximate surface area is 151 Å². The van der Waals surface area contributed by atoms with Gasteiger partial charge in [0.25, 0.3) is 5.91 Å². The molecule has 1 aromatic carbocycles. The van der Waals surface area contributed by atoms with Gasteiger partial charge in [0.05, 0.1) is 0 Å². The molecule has 0 atom stereocenters. The van der Waals surface area contributed by atoms with Crippen molar-refractivity contribution < 1.29 is 14.3 Å². The van der Waals surface area contributed by atoms with Crippen molar-refractivity contribution in [3.05, 3.63) is 41.7 Å². The van der Waals surface area contributed by atoms with E-state index in [2.05, 4.69) is 14.9 Å². The molecule has 0 aliphatic carbocycles. The molecule has 26 heavy (non-hydrogen) atoms. The zero-order chi connectivity index (χ0) is 17.9. The summed E-state index contributed by atoms with van der Waals surface area (Å²) in [5, 5.41) is 0. The molecule has 0 spiro atoms. The number of benzene rings is 1. The first kappa shape index (κ1) is 16.6. The minimum absolute atomic E-state index is 0.0287. The molecule has 1 aromatic heterocycles. The lowest BCUT2D eigenvalue weighted by atomic mass is 10.1. The van der Waals surface area contributed by atoms with Crippen LogP contribution in [0.1, 0.15) is 22.3 Å². The van der Waals surface area contributed by atoms with Gasteiger partial charge in [-0.05, 0) is 24.6 Å². The van der Waals surface area contributed by atoms with Crippen molar-refractivity contribution >= 4 is 11.9 Å². The molecule has 1 saturated heterocycles. The number of hydrogen-bond donors (Lipinski definition) is 1. The highest BCUT2D eigenvalue weighted by atomic mass is 16.7. The van der Waals surface area contributed by atoms with Gasteiger partial charge >= 0.3 is 0 Å². The Morgan fingerprint density at radius 1 is 1.08 bits per heavy atom. The van der Waals surface area contributed by atoms with Gasteiger partial charge in [0.1, 0.15) is 0 Å². The van der Waals surface area contributed by atoms with Gasteiger partial charge in [-0.25, -0.2) is 9.97 Å². The predicted octanol–water partition coefficient (Wildman–Crippen LogP) is 1.14. The minimum Gasteiger partial charge on any atom is -0.454 e. The Kier molecular flexibility index (Phi) is 4.57. The summed E-state index contributed by atoms with van der Waals surface area (Å²) in [7, 11) is 0. The topological polar surface area (TPSA) is 93.8 Å². The summed E-state index contributed by atoms with van der Waals surface area (Å²) in [5.41, 5.74) is 7.19. The highest BCUT2D eigenvalue weighted by Gasteiger charge is 2.23. The number of carbonyl (C=O) groups excluding carboxylic acids is 1. The molecule has 0 unspecified atom stereocenters. The fraction of sp³-hybridized carbons (Fsp3) is 0.389. The van der Waals surface area contributed by atoms with E-state index in [1.54, 1.807) is 30.6 Å². The van der Waals surface area contributed by atoms with Gasteiger partial charge < -0.3 is 20.1 Å². The van der Waals surface area contributed by atoms with Gasteiger partial charge in [-0.2, -0.15) is 0 Å². The Morgan fingerprint density at radius 2 is 1.88 bits per heavy atom. The van der Waals surface area contributed by atoms with Crippen LogP contribution in [0.5, 0.6) is 11.5 Å². The summed E-state index contributed by atoms with van der Waals surface area (Å²) in [5.74, 6) is 1.64. The Morgan fingerprint density at radius 3 is 2.73 bits per heavy atom. The predicted molar refractivity (Wildman–Crippen MR) is 94.8 cm³/mol. The number of nitrogens with two attached hydrogens (primary N) is 1. The summed E-state index contributed by atoms with van der Waals surface area (Å²) >= 11 is 0. The van der Waals surface area contributed by atoms with E-state index in [4.69, 9.17) is 15.2 Å². The quantitative estimate of drug-likeness (QED) is 0.882. The molecule has 4 rings (SSSR count). The van der Waals surface area contributed by atoms with E-state index >= 15 is 0 Å². The molecular weight excluding hydrogens is 334 g/mol. The normalized spacial score (nSPS) is 17.2. The van der Waals surface area contributed by atoms with Gasteiger partial charge in [-0.15, -0.1) is 0 Å². The number of rotatable bonds is 3. The van der Waals surface area contributed by atoms with Crippen LogP contribution in [0.2, 0.25) is 0 Å². The van der Waals surface area contributed by atoms with Crippen LogP contribution in [0.4, 0.5) is 5.95 Å². The fourth-order valence-electron chi connectivity index (χ4n) is 3.25. The molecule has 2 aliphatic rings. The van der Waals surface area contributed by atoms with E-state index in [9.17, 15) is 4.79 Å². The second-order valence-corrected chi connectivity index (χ2v) is 6.44. The van der Waals surface area contributed by atoms with Crippen molar-refractivity contribution in [3.8, 4) is 11.5 Å². The first-order valence-electron chi connectivity index (χ1n) is 8.67. The van der Waals surface area contributed by atoms with Crippen LogP contribution in [-0.4, -0.2) is 58.6 Å². The van der Waals surface area contributed by atoms with Gasteiger partial charge in [-0.3, -0.25) is 9.69 Å². The second kappa shape index (κ2) is 7.17. The van der Waals surface area contributed by atoms with Crippen molar-refractivity contribution in [2.45, 2.75) is 13.0 Å². The van der Waals surface area contributed by atoms with E-state index in [-0.39, 0.29) is 18.6 Å². The lowest BCUT2D eigenvalue weighted by Gasteiger charge is -2.22. The maximum absolute atomic E-state index is 12.8. The van der Waals surface area contributed by atoms with Crippen LogP contribution < -0.4 is 15.2 Å². The highest BCUT2D eigenvalue weighted by Crippen LogP contribution is 2.32. The monoisotopic (exact) mass is 355 g/mol. The lowest BCUT2D eigenvalue weighted by Crippen LogP contribution is -2.35. The first-order valence-corrected chi connectivity index (χ1v) is 8.67. The molecule has 1 amide bonds. The molecule has 0 radical (unpaired) electrons. The molecule has 3 heterocycles. The van der Waals surface area contributed by atoms with Crippen LogP contribution in [0.15, 0.2) is 30.6 Å². The van der Waals surface area contributed by atoms with Crippen LogP contribution in [0.25, 0.3) is 0 Å². The average molecular weight is 355 g/mol. The smallest absolute Gasteiger partial charge is 0.254 e. The number of ether oxygens (including phenoxy) is 2. The maximum atomic E-state index is 12.8. The first-order chi connectivity index (χ1) is 12.7. The minimum atomic E-state index is 0.0287. The average Bonchev–Trinajstić information content (AvgIpc) is 3.01. The van der Waals surface area contributed by atoms with Crippen molar-refractivity contribution in [2.24, 2.45) is 0 Å². The van der Waals surface area contributed by atoms with Crippen LogP contribution in [-0.2, 0) is 6.54 Å². The van der Waals surface area contributed by atoms with Crippen LogP contribution in [0.3, 0.4) is 0 Å². The third-order valence-corrected chi connectivity index (χ3v) is 4.63. The summed E-state index contributed by atoms with van der Waals surface area (Å²) in [6, 6.07) is 5.35. The second-order valence-electron chi connectivity index (χ2n) is 6.44. The number of aromatic nitrogens is 2. The largest absolute Gasteiger partial charge is 0.454 e. The SMILES string of the molecule is Nc1ncc(CN2CCCN(C(=O)c3ccc4c(c3)OCO4)CC2)cn1. The molecule has 0 saturated carbocycles. The number of carbonyl (C=O) groups is 1. The number of nitrogen functional groups attached to an aromatic ring is 1. The number of fused-ring (bicyclic) bond motifs is 1. The standard InChI is InChI=1S/C18H21N5O3/c19-18-20-9-13(10-21-18)11-22-4-1-5-23(7-6-22)17(24)14-2-3-15-16(8-14)26-12-25-15/h2-3,8-10H,1,4-7,11-12H2,(H2,19,20,21). The van der Waals surface area contributed by atoms with E-state index in [0.29, 0.717) is 23.6 Å². The Hall–Kier alpha value is -2.87. The Balaban J connectivity index is 1.38. The molecule has 0 bridgehead atoms. The van der Waals surface area contributed by atoms with Crippen LogP contribution in [0, 0.1) is 0 Å². The van der Waals surface area contributed by atoms with Crippen molar-refractivity contribution in [2.75, 3.05) is 38.7 Å². The molecule has 2 N–H and O–H groups in total.